The summed E-state index contributed by atoms with van der Waals surface area (Å²) in [5.74, 6) is -1.70. The van der Waals surface area contributed by atoms with E-state index < -0.39 is 5.76 Å². The van der Waals surface area contributed by atoms with Crippen molar-refractivity contribution >= 4 is 34.8 Å². The Labute approximate surface area is 163 Å². The smallest absolute Gasteiger partial charge is 0.288 e. The summed E-state index contributed by atoms with van der Waals surface area (Å²) >= 11 is 6.07. The summed E-state index contributed by atoms with van der Waals surface area (Å²) in [6.45, 7) is 1.89. The van der Waals surface area contributed by atoms with Gasteiger partial charge in [-0.05, 0) is 67.2 Å². The van der Waals surface area contributed by atoms with Crippen LogP contribution in [0.1, 0.15) is 18.4 Å². The standard InChI is InChI=1S/C20H22F2N2S2/c21-19(22)26-18-8-6-17(7-9-18)23-20(25)24-12-10-16(11-13-24)14-15-4-2-1-3-5-15/h1-9,16,19H,10-14H2,(H,23,25). The van der Waals surface area contributed by atoms with Crippen LogP contribution in [0.15, 0.2) is 59.5 Å². The number of nitrogens with one attached hydrogen (secondary N) is 1. The third-order valence-electron chi connectivity index (χ3n) is 4.60. The highest BCUT2D eigenvalue weighted by Crippen LogP contribution is 2.27. The Morgan fingerprint density at radius 3 is 2.35 bits per heavy atom. The summed E-state index contributed by atoms with van der Waals surface area (Å²) in [7, 11) is 0. The van der Waals surface area contributed by atoms with E-state index in [2.05, 4.69) is 40.5 Å². The molecule has 0 aliphatic carbocycles. The summed E-state index contributed by atoms with van der Waals surface area (Å²) in [6, 6.07) is 17.6. The zero-order valence-electron chi connectivity index (χ0n) is 14.4. The van der Waals surface area contributed by atoms with Gasteiger partial charge in [0, 0.05) is 23.7 Å². The lowest BCUT2D eigenvalue weighted by atomic mass is 9.90. The van der Waals surface area contributed by atoms with E-state index in [0.717, 1.165) is 38.0 Å². The largest absolute Gasteiger partial charge is 0.349 e. The van der Waals surface area contributed by atoms with Gasteiger partial charge in [-0.1, -0.05) is 42.1 Å². The van der Waals surface area contributed by atoms with Crippen LogP contribution in [0.4, 0.5) is 14.5 Å². The number of halogens is 2. The third kappa shape index (κ3) is 5.68. The molecule has 26 heavy (non-hydrogen) atoms. The van der Waals surface area contributed by atoms with Crippen LogP contribution in [0.25, 0.3) is 0 Å². The predicted octanol–water partition coefficient (Wildman–Crippen LogP) is 5.65. The molecule has 0 radical (unpaired) electrons. The molecule has 0 amide bonds. The van der Waals surface area contributed by atoms with Crippen LogP contribution in [0.3, 0.4) is 0 Å². The summed E-state index contributed by atoms with van der Waals surface area (Å²) in [5, 5.41) is 3.92. The molecule has 138 valence electrons. The van der Waals surface area contributed by atoms with Gasteiger partial charge in [-0.15, -0.1) is 0 Å². The zero-order valence-corrected chi connectivity index (χ0v) is 16.0. The summed E-state index contributed by atoms with van der Waals surface area (Å²) in [5.41, 5.74) is 2.23. The van der Waals surface area contributed by atoms with Gasteiger partial charge in [0.15, 0.2) is 5.11 Å². The van der Waals surface area contributed by atoms with Crippen LogP contribution in [-0.2, 0) is 6.42 Å². The number of thioether (sulfide) groups is 1. The van der Waals surface area contributed by atoms with E-state index >= 15 is 0 Å². The van der Waals surface area contributed by atoms with Gasteiger partial charge in [0.1, 0.15) is 0 Å². The molecule has 1 heterocycles. The Morgan fingerprint density at radius 2 is 1.73 bits per heavy atom. The number of hydrogen-bond acceptors (Lipinski definition) is 2. The molecule has 1 aliphatic heterocycles. The predicted molar refractivity (Wildman–Crippen MR) is 109 cm³/mol. The number of anilines is 1. The van der Waals surface area contributed by atoms with Crippen molar-refractivity contribution in [2.45, 2.75) is 29.9 Å². The topological polar surface area (TPSA) is 15.3 Å². The van der Waals surface area contributed by atoms with Crippen LogP contribution in [-0.4, -0.2) is 28.9 Å². The van der Waals surface area contributed by atoms with E-state index in [1.807, 2.05) is 0 Å². The quantitative estimate of drug-likeness (QED) is 0.522. The van der Waals surface area contributed by atoms with E-state index in [-0.39, 0.29) is 0 Å². The van der Waals surface area contributed by atoms with Crippen LogP contribution < -0.4 is 5.32 Å². The molecule has 1 aliphatic rings. The number of thiocarbonyl (C=S) groups is 1. The van der Waals surface area contributed by atoms with Crippen LogP contribution in [0, 0.1) is 5.92 Å². The molecule has 1 fully saturated rings. The van der Waals surface area contributed by atoms with Crippen LogP contribution in [0.2, 0.25) is 0 Å². The molecular formula is C20H22F2N2S2. The molecule has 0 saturated carbocycles. The number of hydrogen-bond donors (Lipinski definition) is 1. The number of alkyl halides is 2. The normalized spacial score (nSPS) is 15.3. The Bertz CT molecular complexity index is 700. The highest BCUT2D eigenvalue weighted by molar-refractivity contribution is 7.99. The van der Waals surface area contributed by atoms with Gasteiger partial charge in [0.2, 0.25) is 0 Å². The summed E-state index contributed by atoms with van der Waals surface area (Å²) in [6.07, 6.45) is 3.37. The number of nitrogens with zero attached hydrogens (tertiary/aromatic N) is 1. The molecule has 1 saturated heterocycles. The second kappa shape index (κ2) is 9.33. The molecule has 2 aromatic carbocycles. The van der Waals surface area contributed by atoms with Crippen LogP contribution in [0.5, 0.6) is 0 Å². The number of likely N-dealkylation sites (tertiary alicyclic amines) is 1. The fourth-order valence-electron chi connectivity index (χ4n) is 3.21. The molecule has 0 atom stereocenters. The first-order valence-corrected chi connectivity index (χ1v) is 10.0. The highest BCUT2D eigenvalue weighted by Gasteiger charge is 2.21. The van der Waals surface area contributed by atoms with Gasteiger partial charge in [0.05, 0.1) is 0 Å². The Kier molecular flexibility index (Phi) is 6.86. The molecule has 2 nitrogen and oxygen atoms in total. The molecule has 0 bridgehead atoms. The van der Waals surface area contributed by atoms with Crippen molar-refractivity contribution in [3.63, 3.8) is 0 Å². The minimum absolute atomic E-state index is 0.551. The van der Waals surface area contributed by atoms with E-state index in [1.54, 1.807) is 24.3 Å². The van der Waals surface area contributed by atoms with Crippen molar-refractivity contribution in [2.24, 2.45) is 5.92 Å². The minimum Gasteiger partial charge on any atom is -0.349 e. The molecule has 0 spiro atoms. The SMILES string of the molecule is FC(F)Sc1ccc(NC(=S)N2CCC(Cc3ccccc3)CC2)cc1. The fourth-order valence-corrected chi connectivity index (χ4v) is 4.01. The molecule has 0 aromatic heterocycles. The first kappa shape index (κ1) is 19.1. The van der Waals surface area contributed by atoms with Gasteiger partial charge in [-0.3, -0.25) is 0 Å². The molecule has 0 unspecified atom stereocenters. The second-order valence-electron chi connectivity index (χ2n) is 6.45. The average Bonchev–Trinajstić information content (AvgIpc) is 2.64. The van der Waals surface area contributed by atoms with E-state index in [1.165, 1.54) is 5.56 Å². The molecular weight excluding hydrogens is 370 g/mol. The minimum atomic E-state index is -2.40. The maximum atomic E-state index is 12.4. The van der Waals surface area contributed by atoms with Gasteiger partial charge in [-0.2, -0.15) is 8.78 Å². The molecule has 1 N–H and O–H groups in total. The fraction of sp³-hybridized carbons (Fsp3) is 0.350. The number of benzene rings is 2. The first-order valence-electron chi connectivity index (χ1n) is 8.75. The lowest BCUT2D eigenvalue weighted by Gasteiger charge is -2.34. The van der Waals surface area contributed by atoms with Gasteiger partial charge < -0.3 is 10.2 Å². The second-order valence-corrected chi connectivity index (χ2v) is 7.90. The van der Waals surface area contributed by atoms with Crippen molar-refractivity contribution in [2.75, 3.05) is 18.4 Å². The first-order chi connectivity index (χ1) is 12.6. The molecule has 2 aromatic rings. The number of piperidine rings is 1. The van der Waals surface area contributed by atoms with Crippen LogP contribution >= 0.6 is 24.0 Å². The molecule has 6 heteroatoms. The average molecular weight is 393 g/mol. The maximum Gasteiger partial charge on any atom is 0.288 e. The maximum absolute atomic E-state index is 12.4. The summed E-state index contributed by atoms with van der Waals surface area (Å²) in [4.78, 5) is 2.75. The highest BCUT2D eigenvalue weighted by atomic mass is 32.2. The lowest BCUT2D eigenvalue weighted by Crippen LogP contribution is -2.41. The number of rotatable bonds is 5. The van der Waals surface area contributed by atoms with Gasteiger partial charge >= 0.3 is 0 Å². The van der Waals surface area contributed by atoms with Crippen molar-refractivity contribution in [1.29, 1.82) is 0 Å². The monoisotopic (exact) mass is 392 g/mol. The van der Waals surface area contributed by atoms with Crippen molar-refractivity contribution in [3.05, 3.63) is 60.2 Å². The van der Waals surface area contributed by atoms with E-state index in [4.69, 9.17) is 12.2 Å². The lowest BCUT2D eigenvalue weighted by molar-refractivity contribution is 0.252. The van der Waals surface area contributed by atoms with Gasteiger partial charge in [0.25, 0.3) is 5.76 Å². The Balaban J connectivity index is 1.46. The van der Waals surface area contributed by atoms with Gasteiger partial charge in [-0.25, -0.2) is 0 Å². The zero-order chi connectivity index (χ0) is 18.4. The molecule has 3 rings (SSSR count). The Hall–Kier alpha value is -1.66. The van der Waals surface area contributed by atoms with Crippen molar-refractivity contribution in [3.8, 4) is 0 Å². The Morgan fingerprint density at radius 1 is 1.08 bits per heavy atom. The van der Waals surface area contributed by atoms with Crippen molar-refractivity contribution in [1.82, 2.24) is 4.90 Å². The van der Waals surface area contributed by atoms with E-state index in [9.17, 15) is 8.78 Å². The third-order valence-corrected chi connectivity index (χ3v) is 5.68. The summed E-state index contributed by atoms with van der Waals surface area (Å²) < 4.78 is 24.7. The van der Waals surface area contributed by atoms with E-state index in [0.29, 0.717) is 27.7 Å². The van der Waals surface area contributed by atoms with Crippen molar-refractivity contribution < 1.29 is 8.78 Å².